The standard InChI is InChI=1S/C13H25F3N4O.HI/c1-3-21-8-4-6-18-12(17-2)19-11-5-7-20(9-11)10-13(14,15)16;/h11H,3-10H2,1-2H3,(H2,17,18,19);1H. The van der Waals surface area contributed by atoms with Gasteiger partial charge in [-0.1, -0.05) is 0 Å². The van der Waals surface area contributed by atoms with Crippen molar-refractivity contribution in [3.63, 3.8) is 0 Å². The Balaban J connectivity index is 0.00000441. The first-order chi connectivity index (χ1) is 9.94. The molecule has 0 radical (unpaired) electrons. The average molecular weight is 438 g/mol. The van der Waals surface area contributed by atoms with E-state index in [0.717, 1.165) is 13.0 Å². The topological polar surface area (TPSA) is 48.9 Å². The maximum atomic E-state index is 12.3. The number of aliphatic imine (C=N–C) groups is 1. The van der Waals surface area contributed by atoms with E-state index < -0.39 is 12.7 Å². The van der Waals surface area contributed by atoms with Crippen LogP contribution in [-0.2, 0) is 4.74 Å². The van der Waals surface area contributed by atoms with Crippen LogP contribution in [-0.4, -0.2) is 69.5 Å². The molecular formula is C13H26F3IN4O. The molecule has 1 unspecified atom stereocenters. The molecule has 1 rings (SSSR count). The maximum absolute atomic E-state index is 12.3. The molecule has 132 valence electrons. The Morgan fingerprint density at radius 1 is 1.41 bits per heavy atom. The molecule has 0 amide bonds. The van der Waals surface area contributed by atoms with Gasteiger partial charge in [0.2, 0.25) is 0 Å². The van der Waals surface area contributed by atoms with E-state index in [4.69, 9.17) is 4.74 Å². The molecule has 5 nitrogen and oxygen atoms in total. The predicted molar refractivity (Wildman–Crippen MR) is 91.9 cm³/mol. The highest BCUT2D eigenvalue weighted by Gasteiger charge is 2.34. The molecule has 9 heteroatoms. The lowest BCUT2D eigenvalue weighted by molar-refractivity contribution is -0.143. The number of rotatable bonds is 7. The molecule has 0 aromatic heterocycles. The van der Waals surface area contributed by atoms with Gasteiger partial charge in [0.1, 0.15) is 0 Å². The Hall–Kier alpha value is -0.290. The third kappa shape index (κ3) is 9.67. The minimum atomic E-state index is -4.13. The van der Waals surface area contributed by atoms with Crippen LogP contribution in [0.2, 0.25) is 0 Å². The Morgan fingerprint density at radius 3 is 2.73 bits per heavy atom. The molecule has 22 heavy (non-hydrogen) atoms. The van der Waals surface area contributed by atoms with Gasteiger partial charge >= 0.3 is 6.18 Å². The van der Waals surface area contributed by atoms with Gasteiger partial charge in [-0.2, -0.15) is 13.2 Å². The molecule has 2 N–H and O–H groups in total. The van der Waals surface area contributed by atoms with Gasteiger partial charge in [0, 0.05) is 45.9 Å². The van der Waals surface area contributed by atoms with Crippen LogP contribution in [0.4, 0.5) is 13.2 Å². The second-order valence-electron chi connectivity index (χ2n) is 5.03. The van der Waals surface area contributed by atoms with Crippen LogP contribution in [0.1, 0.15) is 19.8 Å². The summed E-state index contributed by atoms with van der Waals surface area (Å²) >= 11 is 0. The number of hydrogen-bond acceptors (Lipinski definition) is 3. The van der Waals surface area contributed by atoms with Gasteiger partial charge in [0.25, 0.3) is 0 Å². The second-order valence-corrected chi connectivity index (χ2v) is 5.03. The highest BCUT2D eigenvalue weighted by atomic mass is 127. The van der Waals surface area contributed by atoms with Crippen molar-refractivity contribution in [1.29, 1.82) is 0 Å². The summed E-state index contributed by atoms with van der Waals surface area (Å²) in [6.45, 7) is 4.05. The molecule has 0 aromatic carbocycles. The van der Waals surface area contributed by atoms with Gasteiger partial charge in [0.05, 0.1) is 6.54 Å². The molecule has 1 atom stereocenters. The van der Waals surface area contributed by atoms with Crippen LogP contribution in [0, 0.1) is 0 Å². The fourth-order valence-electron chi connectivity index (χ4n) is 2.26. The molecule has 1 fully saturated rings. The van der Waals surface area contributed by atoms with E-state index in [1.807, 2.05) is 6.92 Å². The number of alkyl halides is 3. The molecule has 0 bridgehead atoms. The SMILES string of the molecule is CCOCCCNC(=NC)NC1CCN(CC(F)(F)F)C1.I. The molecule has 1 aliphatic heterocycles. The highest BCUT2D eigenvalue weighted by molar-refractivity contribution is 14.0. The number of halogens is 4. The van der Waals surface area contributed by atoms with Crippen molar-refractivity contribution >= 4 is 29.9 Å². The fraction of sp³-hybridized carbons (Fsp3) is 0.923. The molecule has 1 saturated heterocycles. The number of nitrogens with zero attached hydrogens (tertiary/aromatic N) is 2. The van der Waals surface area contributed by atoms with E-state index >= 15 is 0 Å². The first-order valence-corrected chi connectivity index (χ1v) is 7.28. The summed E-state index contributed by atoms with van der Waals surface area (Å²) in [6.07, 6.45) is -2.58. The Labute approximate surface area is 147 Å². The van der Waals surface area contributed by atoms with E-state index in [-0.39, 0.29) is 30.0 Å². The monoisotopic (exact) mass is 438 g/mol. The number of nitrogens with one attached hydrogen (secondary N) is 2. The summed E-state index contributed by atoms with van der Waals surface area (Å²) in [5.74, 6) is 0.630. The van der Waals surface area contributed by atoms with Crippen LogP contribution in [0.15, 0.2) is 4.99 Å². The molecule has 1 heterocycles. The van der Waals surface area contributed by atoms with E-state index in [1.54, 1.807) is 7.05 Å². The lowest BCUT2D eigenvalue weighted by Crippen LogP contribution is -2.45. The maximum Gasteiger partial charge on any atom is 0.401 e. The lowest BCUT2D eigenvalue weighted by Gasteiger charge is -2.19. The molecular weight excluding hydrogens is 412 g/mol. The Morgan fingerprint density at radius 2 is 2.14 bits per heavy atom. The summed E-state index contributed by atoms with van der Waals surface area (Å²) in [5.41, 5.74) is 0. The molecule has 1 aliphatic rings. The van der Waals surface area contributed by atoms with Crippen molar-refractivity contribution in [3.05, 3.63) is 0 Å². The van der Waals surface area contributed by atoms with Crippen molar-refractivity contribution in [2.45, 2.75) is 32.0 Å². The number of likely N-dealkylation sites (tertiary alicyclic amines) is 1. The van der Waals surface area contributed by atoms with Crippen molar-refractivity contribution in [1.82, 2.24) is 15.5 Å². The third-order valence-corrected chi connectivity index (χ3v) is 3.20. The van der Waals surface area contributed by atoms with Crippen molar-refractivity contribution in [3.8, 4) is 0 Å². The van der Waals surface area contributed by atoms with Crippen LogP contribution < -0.4 is 10.6 Å². The predicted octanol–water partition coefficient (Wildman–Crippen LogP) is 1.83. The van der Waals surface area contributed by atoms with Gasteiger partial charge < -0.3 is 15.4 Å². The molecule has 0 spiro atoms. The van der Waals surface area contributed by atoms with Gasteiger partial charge in [-0.25, -0.2) is 0 Å². The van der Waals surface area contributed by atoms with Gasteiger partial charge in [0.15, 0.2) is 5.96 Å². The quantitative estimate of drug-likeness (QED) is 0.276. The molecule has 0 aliphatic carbocycles. The lowest BCUT2D eigenvalue weighted by atomic mass is 10.3. The number of ether oxygens (including phenoxy) is 1. The van der Waals surface area contributed by atoms with E-state index in [9.17, 15) is 13.2 Å². The first-order valence-electron chi connectivity index (χ1n) is 7.28. The van der Waals surface area contributed by atoms with Crippen molar-refractivity contribution < 1.29 is 17.9 Å². The minimum absolute atomic E-state index is 0. The van der Waals surface area contributed by atoms with Gasteiger partial charge in [-0.15, -0.1) is 24.0 Å². The zero-order valence-corrected chi connectivity index (χ0v) is 15.4. The molecule has 0 aromatic rings. The minimum Gasteiger partial charge on any atom is -0.382 e. The molecule has 0 saturated carbocycles. The summed E-state index contributed by atoms with van der Waals surface area (Å²) < 4.78 is 42.2. The van der Waals surface area contributed by atoms with Crippen molar-refractivity contribution in [2.75, 3.05) is 46.4 Å². The van der Waals surface area contributed by atoms with Gasteiger partial charge in [-0.3, -0.25) is 9.89 Å². The van der Waals surface area contributed by atoms with Crippen LogP contribution in [0.25, 0.3) is 0 Å². The normalized spacial score (nSPS) is 19.9. The van der Waals surface area contributed by atoms with E-state index in [1.165, 1.54) is 4.90 Å². The zero-order valence-electron chi connectivity index (χ0n) is 13.1. The second kappa shape index (κ2) is 11.3. The van der Waals surface area contributed by atoms with E-state index in [0.29, 0.717) is 38.7 Å². The highest BCUT2D eigenvalue weighted by Crippen LogP contribution is 2.19. The average Bonchev–Trinajstić information content (AvgIpc) is 2.82. The number of hydrogen-bond donors (Lipinski definition) is 2. The summed E-state index contributed by atoms with van der Waals surface area (Å²) in [7, 11) is 1.65. The smallest absolute Gasteiger partial charge is 0.382 e. The fourth-order valence-corrected chi connectivity index (χ4v) is 2.26. The van der Waals surface area contributed by atoms with Gasteiger partial charge in [-0.05, 0) is 19.8 Å². The summed E-state index contributed by atoms with van der Waals surface area (Å²) in [6, 6.07) is 0.00504. The Kier molecular flexibility index (Phi) is 11.1. The zero-order chi connectivity index (χ0) is 15.7. The van der Waals surface area contributed by atoms with Crippen LogP contribution in [0.5, 0.6) is 0 Å². The van der Waals surface area contributed by atoms with Crippen LogP contribution in [0.3, 0.4) is 0 Å². The first kappa shape index (κ1) is 21.7. The van der Waals surface area contributed by atoms with E-state index in [2.05, 4.69) is 15.6 Å². The Bertz CT molecular complexity index is 329. The third-order valence-electron chi connectivity index (χ3n) is 3.20. The summed E-state index contributed by atoms with van der Waals surface area (Å²) in [4.78, 5) is 5.50. The van der Waals surface area contributed by atoms with Crippen LogP contribution >= 0.6 is 24.0 Å². The van der Waals surface area contributed by atoms with Crippen molar-refractivity contribution in [2.24, 2.45) is 4.99 Å². The largest absolute Gasteiger partial charge is 0.401 e. The summed E-state index contributed by atoms with van der Waals surface area (Å²) in [5, 5.41) is 6.30. The number of guanidine groups is 1.